The third-order valence-electron chi connectivity index (χ3n) is 7.50. The maximum Gasteiger partial charge on any atom is 0.194 e. The van der Waals surface area contributed by atoms with Gasteiger partial charge in [-0.25, -0.2) is 4.68 Å². The third-order valence-corrected chi connectivity index (χ3v) is 8.67. The molecule has 7 rings (SSSR count). The van der Waals surface area contributed by atoms with Crippen LogP contribution in [-0.4, -0.2) is 20.2 Å². The maximum absolute atomic E-state index is 4.78. The molecule has 5 aromatic carbocycles. The molecule has 0 unspecified atom stereocenters. The lowest BCUT2D eigenvalue weighted by atomic mass is 9.77. The van der Waals surface area contributed by atoms with Crippen molar-refractivity contribution >= 4 is 21.4 Å². The Balaban J connectivity index is 1.59. The fraction of sp³-hybridized carbons (Fsp3) is 0.0571. The number of thiophene rings is 1. The molecule has 0 aliphatic carbocycles. The SMILES string of the molecule is Cc1ccc(-c2c(-c3nnnn3C(c3ccccc3)(c3ccccc3)c3ccccc3)sc3ccccc23)cc1. The highest BCUT2D eigenvalue weighted by Crippen LogP contribution is 2.47. The normalized spacial score (nSPS) is 11.6. The first-order valence-corrected chi connectivity index (χ1v) is 14.1. The lowest BCUT2D eigenvalue weighted by molar-refractivity contribution is 0.451. The second kappa shape index (κ2) is 10.0. The Bertz CT molecular complexity index is 1790. The van der Waals surface area contributed by atoms with Crippen LogP contribution in [0.1, 0.15) is 22.3 Å². The standard InChI is InChI=1S/C35H26N4S/c1-25-21-23-26(24-22-25)32-30-19-11-12-20-31(30)40-33(32)34-36-37-38-39(34)35(27-13-5-2-6-14-27,28-15-7-3-8-16-28)29-17-9-4-10-18-29/h2-24H,1H3. The van der Waals surface area contributed by atoms with Crippen LogP contribution in [0.15, 0.2) is 140 Å². The zero-order valence-electron chi connectivity index (χ0n) is 22.0. The lowest BCUT2D eigenvalue weighted by Gasteiger charge is -2.36. The minimum absolute atomic E-state index is 0.730. The minimum atomic E-state index is -0.802. The Hall–Kier alpha value is -4.87. The van der Waals surface area contributed by atoms with Crippen molar-refractivity contribution in [1.82, 2.24) is 20.2 Å². The fourth-order valence-electron chi connectivity index (χ4n) is 5.67. The summed E-state index contributed by atoms with van der Waals surface area (Å²) in [6.07, 6.45) is 0. The van der Waals surface area contributed by atoms with Crippen LogP contribution < -0.4 is 0 Å². The van der Waals surface area contributed by atoms with Crippen molar-refractivity contribution in [2.24, 2.45) is 0 Å². The van der Waals surface area contributed by atoms with Gasteiger partial charge in [0.25, 0.3) is 0 Å². The van der Waals surface area contributed by atoms with E-state index in [0.717, 1.165) is 38.5 Å². The predicted molar refractivity (Wildman–Crippen MR) is 163 cm³/mol. The smallest absolute Gasteiger partial charge is 0.194 e. The second-order valence-corrected chi connectivity index (χ2v) is 10.9. The van der Waals surface area contributed by atoms with E-state index in [1.165, 1.54) is 15.6 Å². The highest BCUT2D eigenvalue weighted by Gasteiger charge is 2.42. The first kappa shape index (κ1) is 24.2. The van der Waals surface area contributed by atoms with Gasteiger partial charge in [0.05, 0.1) is 4.88 Å². The highest BCUT2D eigenvalue weighted by molar-refractivity contribution is 7.23. The van der Waals surface area contributed by atoms with Gasteiger partial charge >= 0.3 is 0 Å². The molecule has 192 valence electrons. The van der Waals surface area contributed by atoms with Crippen molar-refractivity contribution < 1.29 is 0 Å². The van der Waals surface area contributed by atoms with Gasteiger partial charge in [-0.05, 0) is 45.7 Å². The van der Waals surface area contributed by atoms with Crippen LogP contribution >= 0.6 is 11.3 Å². The molecule has 0 atom stereocenters. The number of tetrazole rings is 1. The number of fused-ring (bicyclic) bond motifs is 1. The van der Waals surface area contributed by atoms with Crippen LogP contribution in [0.4, 0.5) is 0 Å². The molecular formula is C35H26N4S. The number of aryl methyl sites for hydroxylation is 1. The molecule has 0 aliphatic heterocycles. The van der Waals surface area contributed by atoms with Gasteiger partial charge in [0.2, 0.25) is 0 Å². The molecule has 5 heteroatoms. The van der Waals surface area contributed by atoms with E-state index in [2.05, 4.69) is 133 Å². The van der Waals surface area contributed by atoms with Crippen molar-refractivity contribution in [1.29, 1.82) is 0 Å². The monoisotopic (exact) mass is 534 g/mol. The second-order valence-electron chi connectivity index (χ2n) is 9.89. The van der Waals surface area contributed by atoms with Crippen LogP contribution in [-0.2, 0) is 5.54 Å². The van der Waals surface area contributed by atoms with E-state index in [1.54, 1.807) is 11.3 Å². The van der Waals surface area contributed by atoms with E-state index >= 15 is 0 Å². The molecule has 0 radical (unpaired) electrons. The summed E-state index contributed by atoms with van der Waals surface area (Å²) in [6, 6.07) is 48.9. The molecule has 4 nitrogen and oxygen atoms in total. The van der Waals surface area contributed by atoms with Crippen molar-refractivity contribution in [3.05, 3.63) is 162 Å². The molecular weight excluding hydrogens is 508 g/mol. The summed E-state index contributed by atoms with van der Waals surface area (Å²) in [4.78, 5) is 1.04. The van der Waals surface area contributed by atoms with Gasteiger partial charge in [-0.15, -0.1) is 16.4 Å². The molecule has 7 aromatic rings. The molecule has 0 saturated carbocycles. The number of benzene rings is 5. The molecule has 0 fully saturated rings. The van der Waals surface area contributed by atoms with E-state index in [4.69, 9.17) is 10.3 Å². The summed E-state index contributed by atoms with van der Waals surface area (Å²) in [5.41, 5.74) is 5.98. The van der Waals surface area contributed by atoms with Crippen molar-refractivity contribution in [3.8, 4) is 21.8 Å². The first-order chi connectivity index (χ1) is 19.8. The number of rotatable bonds is 6. The predicted octanol–water partition coefficient (Wildman–Crippen LogP) is 8.37. The zero-order chi connectivity index (χ0) is 26.9. The van der Waals surface area contributed by atoms with Gasteiger partial charge in [-0.1, -0.05) is 139 Å². The van der Waals surface area contributed by atoms with Crippen molar-refractivity contribution in [2.75, 3.05) is 0 Å². The molecule has 0 bridgehead atoms. The quantitative estimate of drug-likeness (QED) is 0.201. The number of hydrogen-bond acceptors (Lipinski definition) is 4. The average molecular weight is 535 g/mol. The highest BCUT2D eigenvalue weighted by atomic mass is 32.1. The molecule has 2 heterocycles. The summed E-state index contributed by atoms with van der Waals surface area (Å²) in [5, 5.41) is 15.0. The zero-order valence-corrected chi connectivity index (χ0v) is 22.8. The van der Waals surface area contributed by atoms with E-state index in [0.29, 0.717) is 0 Å². The van der Waals surface area contributed by atoms with E-state index in [1.807, 2.05) is 22.9 Å². The Kier molecular flexibility index (Phi) is 6.06. The van der Waals surface area contributed by atoms with Crippen LogP contribution in [0.3, 0.4) is 0 Å². The summed E-state index contributed by atoms with van der Waals surface area (Å²) < 4.78 is 3.22. The van der Waals surface area contributed by atoms with Crippen molar-refractivity contribution in [2.45, 2.75) is 12.5 Å². The topological polar surface area (TPSA) is 43.6 Å². The minimum Gasteiger partial charge on any atom is -0.205 e. The average Bonchev–Trinajstić information content (AvgIpc) is 3.65. The maximum atomic E-state index is 4.78. The van der Waals surface area contributed by atoms with E-state index in [9.17, 15) is 0 Å². The summed E-state index contributed by atoms with van der Waals surface area (Å²) in [7, 11) is 0. The summed E-state index contributed by atoms with van der Waals surface area (Å²) in [5.74, 6) is 0.730. The summed E-state index contributed by atoms with van der Waals surface area (Å²) in [6.45, 7) is 2.12. The van der Waals surface area contributed by atoms with Gasteiger partial charge in [0.1, 0.15) is 5.54 Å². The fourth-order valence-corrected chi connectivity index (χ4v) is 6.86. The first-order valence-electron chi connectivity index (χ1n) is 13.3. The van der Waals surface area contributed by atoms with Gasteiger partial charge in [-0.2, -0.15) is 0 Å². The Labute approximate surface area is 237 Å². The molecule has 0 saturated heterocycles. The molecule has 0 amide bonds. The van der Waals surface area contributed by atoms with Crippen molar-refractivity contribution in [3.63, 3.8) is 0 Å². The van der Waals surface area contributed by atoms with Crippen LogP contribution in [0.2, 0.25) is 0 Å². The lowest BCUT2D eigenvalue weighted by Crippen LogP contribution is -2.39. The Morgan fingerprint density at radius 2 is 1.12 bits per heavy atom. The van der Waals surface area contributed by atoms with Gasteiger partial charge in [0.15, 0.2) is 5.82 Å². The Morgan fingerprint density at radius 1 is 0.600 bits per heavy atom. The number of nitrogens with zero attached hydrogens (tertiary/aromatic N) is 4. The summed E-state index contributed by atoms with van der Waals surface area (Å²) >= 11 is 1.73. The molecule has 0 N–H and O–H groups in total. The van der Waals surface area contributed by atoms with Crippen LogP contribution in [0, 0.1) is 6.92 Å². The van der Waals surface area contributed by atoms with Gasteiger partial charge in [0, 0.05) is 15.6 Å². The molecule has 40 heavy (non-hydrogen) atoms. The van der Waals surface area contributed by atoms with E-state index in [-0.39, 0.29) is 0 Å². The van der Waals surface area contributed by atoms with Crippen LogP contribution in [0.25, 0.3) is 31.9 Å². The van der Waals surface area contributed by atoms with Crippen LogP contribution in [0.5, 0.6) is 0 Å². The third kappa shape index (κ3) is 3.86. The largest absolute Gasteiger partial charge is 0.205 e. The van der Waals surface area contributed by atoms with Gasteiger partial charge < -0.3 is 0 Å². The number of hydrogen-bond donors (Lipinski definition) is 0. The van der Waals surface area contributed by atoms with Gasteiger partial charge in [-0.3, -0.25) is 0 Å². The molecule has 0 spiro atoms. The Morgan fingerprint density at radius 3 is 1.70 bits per heavy atom. The molecule has 0 aliphatic rings. The van der Waals surface area contributed by atoms with E-state index < -0.39 is 5.54 Å². The number of aromatic nitrogens is 4. The molecule has 2 aromatic heterocycles.